The maximum Gasteiger partial charge on any atom is 0.416 e. The maximum atomic E-state index is 12.6. The number of hydrogen-bond acceptors (Lipinski definition) is 3. The van der Waals surface area contributed by atoms with E-state index in [9.17, 15) is 13.2 Å². The first-order valence-corrected chi connectivity index (χ1v) is 7.04. The highest BCUT2D eigenvalue weighted by molar-refractivity contribution is 7.12. The molecule has 0 radical (unpaired) electrons. The van der Waals surface area contributed by atoms with E-state index in [1.54, 1.807) is 17.4 Å². The van der Waals surface area contributed by atoms with Crippen LogP contribution in [0.1, 0.15) is 26.4 Å². The van der Waals surface area contributed by atoms with E-state index in [-0.39, 0.29) is 5.56 Å². The number of alkyl halides is 3. The Hall–Kier alpha value is -2.00. The second-order valence-corrected chi connectivity index (χ2v) is 6.12. The minimum Gasteiger partial charge on any atom is -0.380 e. The van der Waals surface area contributed by atoms with Gasteiger partial charge in [0.05, 0.1) is 16.8 Å². The molecule has 2 aromatic rings. The van der Waals surface area contributed by atoms with Crippen molar-refractivity contribution in [1.29, 1.82) is 5.26 Å². The number of nitrogens with zero attached hydrogens (tertiary/aromatic N) is 1. The van der Waals surface area contributed by atoms with Crippen LogP contribution < -0.4 is 5.32 Å². The van der Waals surface area contributed by atoms with Crippen molar-refractivity contribution in [1.82, 2.24) is 0 Å². The van der Waals surface area contributed by atoms with Crippen molar-refractivity contribution in [3.8, 4) is 6.07 Å². The van der Waals surface area contributed by atoms with Gasteiger partial charge in [-0.05, 0) is 43.7 Å². The lowest BCUT2D eigenvalue weighted by Gasteiger charge is -2.11. The molecule has 110 valence electrons. The summed E-state index contributed by atoms with van der Waals surface area (Å²) in [5.74, 6) is 0. The SMILES string of the molecule is Cc1cc(CNc2ccc(C(F)(F)F)cc2C#N)c(C)s1. The third kappa shape index (κ3) is 3.56. The summed E-state index contributed by atoms with van der Waals surface area (Å²) >= 11 is 1.67. The summed E-state index contributed by atoms with van der Waals surface area (Å²) in [6.07, 6.45) is -4.44. The van der Waals surface area contributed by atoms with Gasteiger partial charge in [-0.15, -0.1) is 11.3 Å². The maximum absolute atomic E-state index is 12.6. The first-order valence-electron chi connectivity index (χ1n) is 6.22. The van der Waals surface area contributed by atoms with E-state index in [1.165, 1.54) is 10.9 Å². The molecule has 0 atom stereocenters. The van der Waals surface area contributed by atoms with Crippen LogP contribution in [0.2, 0.25) is 0 Å². The van der Waals surface area contributed by atoms with Crippen molar-refractivity contribution in [3.05, 3.63) is 50.7 Å². The second-order valence-electron chi connectivity index (χ2n) is 4.66. The van der Waals surface area contributed by atoms with Gasteiger partial charge in [-0.1, -0.05) is 0 Å². The molecule has 2 nitrogen and oxygen atoms in total. The van der Waals surface area contributed by atoms with Crippen molar-refractivity contribution >= 4 is 17.0 Å². The Morgan fingerprint density at radius 2 is 1.95 bits per heavy atom. The van der Waals surface area contributed by atoms with Gasteiger partial charge >= 0.3 is 6.18 Å². The number of anilines is 1. The fourth-order valence-corrected chi connectivity index (χ4v) is 2.96. The molecule has 0 aliphatic heterocycles. The van der Waals surface area contributed by atoms with Crippen LogP contribution in [0.5, 0.6) is 0 Å². The van der Waals surface area contributed by atoms with Gasteiger partial charge in [0.15, 0.2) is 0 Å². The fraction of sp³-hybridized carbons (Fsp3) is 0.267. The molecule has 1 aromatic heterocycles. The van der Waals surface area contributed by atoms with Crippen molar-refractivity contribution in [2.45, 2.75) is 26.6 Å². The Balaban J connectivity index is 2.21. The van der Waals surface area contributed by atoms with Crippen LogP contribution in [-0.4, -0.2) is 0 Å². The van der Waals surface area contributed by atoms with Gasteiger partial charge in [-0.25, -0.2) is 0 Å². The van der Waals surface area contributed by atoms with Crippen LogP contribution in [0.25, 0.3) is 0 Å². The third-order valence-corrected chi connectivity index (χ3v) is 4.09. The molecule has 2 rings (SSSR count). The molecule has 6 heteroatoms. The lowest BCUT2D eigenvalue weighted by atomic mass is 10.1. The average molecular weight is 310 g/mol. The summed E-state index contributed by atoms with van der Waals surface area (Å²) < 4.78 is 37.8. The van der Waals surface area contributed by atoms with Gasteiger partial charge in [-0.3, -0.25) is 0 Å². The molecule has 1 aromatic carbocycles. The summed E-state index contributed by atoms with van der Waals surface area (Å²) in [5.41, 5.74) is 0.677. The molecule has 0 fully saturated rings. The number of hydrogen-bond donors (Lipinski definition) is 1. The van der Waals surface area contributed by atoms with E-state index in [0.717, 1.165) is 22.6 Å². The van der Waals surface area contributed by atoms with E-state index >= 15 is 0 Å². The van der Waals surface area contributed by atoms with Gasteiger partial charge < -0.3 is 5.32 Å². The van der Waals surface area contributed by atoms with Gasteiger partial charge in [0, 0.05) is 16.3 Å². The second kappa shape index (κ2) is 5.78. The summed E-state index contributed by atoms with van der Waals surface area (Å²) in [4.78, 5) is 2.34. The highest BCUT2D eigenvalue weighted by atomic mass is 32.1. The molecule has 0 unspecified atom stereocenters. The zero-order valence-corrected chi connectivity index (χ0v) is 12.3. The molecular formula is C15H13F3N2S. The zero-order valence-electron chi connectivity index (χ0n) is 11.5. The summed E-state index contributed by atoms with van der Waals surface area (Å²) in [6, 6.07) is 6.99. The minimum absolute atomic E-state index is 0.00516. The predicted octanol–water partition coefficient (Wildman–Crippen LogP) is 4.87. The van der Waals surface area contributed by atoms with E-state index in [2.05, 4.69) is 5.32 Å². The van der Waals surface area contributed by atoms with Crippen molar-refractivity contribution in [3.63, 3.8) is 0 Å². The van der Waals surface area contributed by atoms with Crippen LogP contribution in [0.4, 0.5) is 18.9 Å². The first kappa shape index (κ1) is 15.4. The average Bonchev–Trinajstić information content (AvgIpc) is 2.73. The van der Waals surface area contributed by atoms with Crippen LogP contribution in [0.3, 0.4) is 0 Å². The molecule has 0 spiro atoms. The largest absolute Gasteiger partial charge is 0.416 e. The molecule has 21 heavy (non-hydrogen) atoms. The normalized spacial score (nSPS) is 11.2. The van der Waals surface area contributed by atoms with E-state index in [4.69, 9.17) is 5.26 Å². The molecule has 0 saturated heterocycles. The first-order chi connectivity index (χ1) is 9.81. The Kier molecular flexibility index (Phi) is 4.24. The third-order valence-electron chi connectivity index (χ3n) is 3.08. The standard InChI is InChI=1S/C15H13F3N2S/c1-9-5-12(10(2)21-9)8-20-14-4-3-13(15(16,17)18)6-11(14)7-19/h3-6,20H,8H2,1-2H3. The topological polar surface area (TPSA) is 35.8 Å². The van der Waals surface area contributed by atoms with Crippen molar-refractivity contribution < 1.29 is 13.2 Å². The highest BCUT2D eigenvalue weighted by Gasteiger charge is 2.31. The number of aryl methyl sites for hydroxylation is 2. The molecule has 1 N–H and O–H groups in total. The number of rotatable bonds is 3. The number of benzene rings is 1. The number of nitriles is 1. The smallest absolute Gasteiger partial charge is 0.380 e. The lowest BCUT2D eigenvalue weighted by molar-refractivity contribution is -0.137. The number of nitrogens with one attached hydrogen (secondary N) is 1. The Morgan fingerprint density at radius 3 is 2.48 bits per heavy atom. The molecule has 0 aliphatic carbocycles. The van der Waals surface area contributed by atoms with E-state index in [1.807, 2.05) is 19.9 Å². The highest BCUT2D eigenvalue weighted by Crippen LogP contribution is 2.32. The Bertz CT molecular complexity index is 696. The van der Waals surface area contributed by atoms with Crippen LogP contribution in [-0.2, 0) is 12.7 Å². The van der Waals surface area contributed by atoms with Crippen molar-refractivity contribution in [2.24, 2.45) is 0 Å². The molecule has 0 aliphatic rings. The van der Waals surface area contributed by atoms with Crippen LogP contribution in [0.15, 0.2) is 24.3 Å². The molecule has 0 bridgehead atoms. The number of halogens is 3. The fourth-order valence-electron chi connectivity index (χ4n) is 2.02. The predicted molar refractivity (Wildman–Crippen MR) is 77.3 cm³/mol. The molecule has 0 amide bonds. The summed E-state index contributed by atoms with van der Waals surface area (Å²) in [7, 11) is 0. The Morgan fingerprint density at radius 1 is 1.24 bits per heavy atom. The van der Waals surface area contributed by atoms with Crippen LogP contribution >= 0.6 is 11.3 Å². The molecular weight excluding hydrogens is 297 g/mol. The molecule has 1 heterocycles. The monoisotopic (exact) mass is 310 g/mol. The zero-order chi connectivity index (χ0) is 15.6. The summed E-state index contributed by atoms with van der Waals surface area (Å²) in [6.45, 7) is 4.48. The number of thiophene rings is 1. The Labute approximate surface area is 124 Å². The molecule has 0 saturated carbocycles. The van der Waals surface area contributed by atoms with Crippen molar-refractivity contribution in [2.75, 3.05) is 5.32 Å². The van der Waals surface area contributed by atoms with Gasteiger partial charge in [0.25, 0.3) is 0 Å². The minimum atomic E-state index is -4.44. The van der Waals surface area contributed by atoms with E-state index in [0.29, 0.717) is 12.2 Å². The lowest BCUT2D eigenvalue weighted by Crippen LogP contribution is -2.07. The van der Waals surface area contributed by atoms with Gasteiger partial charge in [-0.2, -0.15) is 18.4 Å². The summed E-state index contributed by atoms with van der Waals surface area (Å²) in [5, 5.41) is 12.0. The van der Waals surface area contributed by atoms with Gasteiger partial charge in [0.1, 0.15) is 6.07 Å². The van der Waals surface area contributed by atoms with E-state index < -0.39 is 11.7 Å². The van der Waals surface area contributed by atoms with Crippen LogP contribution in [0, 0.1) is 25.2 Å². The van der Waals surface area contributed by atoms with Gasteiger partial charge in [0.2, 0.25) is 0 Å². The quantitative estimate of drug-likeness (QED) is 0.878.